The lowest BCUT2D eigenvalue weighted by atomic mass is 10.3. The van der Waals surface area contributed by atoms with Crippen LogP contribution in [0.4, 0.5) is 4.39 Å². The van der Waals surface area contributed by atoms with Crippen molar-refractivity contribution >= 4 is 17.7 Å². The molecule has 0 spiro atoms. The van der Waals surface area contributed by atoms with Gasteiger partial charge >= 0.3 is 5.97 Å². The molecule has 0 saturated heterocycles. The molecule has 2 nitrogen and oxygen atoms in total. The van der Waals surface area contributed by atoms with Crippen LogP contribution in [0.2, 0.25) is 0 Å². The van der Waals surface area contributed by atoms with E-state index in [0.29, 0.717) is 6.61 Å². The summed E-state index contributed by atoms with van der Waals surface area (Å²) in [6, 6.07) is 6.17. The van der Waals surface area contributed by atoms with Crippen molar-refractivity contribution in [1.82, 2.24) is 0 Å². The number of benzene rings is 1. The van der Waals surface area contributed by atoms with E-state index < -0.39 is 0 Å². The van der Waals surface area contributed by atoms with Gasteiger partial charge in [0.25, 0.3) is 0 Å². The topological polar surface area (TPSA) is 26.3 Å². The van der Waals surface area contributed by atoms with Crippen molar-refractivity contribution in [3.8, 4) is 0 Å². The van der Waals surface area contributed by atoms with E-state index in [-0.39, 0.29) is 17.0 Å². The van der Waals surface area contributed by atoms with Gasteiger partial charge < -0.3 is 4.74 Å². The minimum atomic E-state index is -0.313. The van der Waals surface area contributed by atoms with Gasteiger partial charge in [0.05, 0.1) is 6.61 Å². The van der Waals surface area contributed by atoms with Crippen molar-refractivity contribution in [3.05, 3.63) is 30.1 Å². The van der Waals surface area contributed by atoms with Crippen LogP contribution < -0.4 is 0 Å². The number of carbonyl (C=O) groups excluding carboxylic acids is 1. The van der Waals surface area contributed by atoms with E-state index in [1.54, 1.807) is 26.0 Å². The van der Waals surface area contributed by atoms with Crippen LogP contribution in [0.5, 0.6) is 0 Å². The van der Waals surface area contributed by atoms with Crippen LogP contribution in [-0.4, -0.2) is 17.8 Å². The van der Waals surface area contributed by atoms with Gasteiger partial charge in [0.15, 0.2) is 0 Å². The van der Waals surface area contributed by atoms with Crippen LogP contribution >= 0.6 is 11.8 Å². The Labute approximate surface area is 92.8 Å². The molecule has 0 aliphatic rings. The Morgan fingerprint density at radius 1 is 1.60 bits per heavy atom. The van der Waals surface area contributed by atoms with Gasteiger partial charge in [-0.2, -0.15) is 0 Å². The summed E-state index contributed by atoms with van der Waals surface area (Å²) in [4.78, 5) is 12.0. The SMILES string of the molecule is CCOC(=O)C(C)Sc1cccc(F)c1. The molecule has 1 rings (SSSR count). The van der Waals surface area contributed by atoms with Crippen molar-refractivity contribution in [3.63, 3.8) is 0 Å². The molecular weight excluding hydrogens is 215 g/mol. The Balaban J connectivity index is 2.58. The number of ether oxygens (including phenoxy) is 1. The summed E-state index contributed by atoms with van der Waals surface area (Å²) in [5, 5.41) is -0.313. The van der Waals surface area contributed by atoms with Gasteiger partial charge in [-0.3, -0.25) is 4.79 Å². The molecule has 0 saturated carbocycles. The first-order valence-corrected chi connectivity index (χ1v) is 5.60. The van der Waals surface area contributed by atoms with Crippen LogP contribution in [0.3, 0.4) is 0 Å². The molecule has 0 aliphatic carbocycles. The highest BCUT2D eigenvalue weighted by Crippen LogP contribution is 2.24. The summed E-state index contributed by atoms with van der Waals surface area (Å²) in [5.74, 6) is -0.567. The molecule has 0 N–H and O–H groups in total. The van der Waals surface area contributed by atoms with Gasteiger partial charge in [0.2, 0.25) is 0 Å². The van der Waals surface area contributed by atoms with Crippen LogP contribution in [0.15, 0.2) is 29.2 Å². The number of hydrogen-bond donors (Lipinski definition) is 0. The number of hydrogen-bond acceptors (Lipinski definition) is 3. The molecule has 1 unspecified atom stereocenters. The third-order valence-electron chi connectivity index (χ3n) is 1.73. The lowest BCUT2D eigenvalue weighted by Crippen LogP contribution is -2.16. The molecule has 0 radical (unpaired) electrons. The van der Waals surface area contributed by atoms with Crippen LogP contribution in [0, 0.1) is 5.82 Å². The van der Waals surface area contributed by atoms with E-state index in [9.17, 15) is 9.18 Å². The largest absolute Gasteiger partial charge is 0.465 e. The molecule has 1 atom stereocenters. The summed E-state index contributed by atoms with van der Waals surface area (Å²) < 4.78 is 17.7. The summed E-state index contributed by atoms with van der Waals surface area (Å²) in [6.07, 6.45) is 0. The van der Waals surface area contributed by atoms with Crippen LogP contribution in [-0.2, 0) is 9.53 Å². The van der Waals surface area contributed by atoms with Gasteiger partial charge in [-0.1, -0.05) is 6.07 Å². The van der Waals surface area contributed by atoms with Crippen molar-refractivity contribution < 1.29 is 13.9 Å². The maximum absolute atomic E-state index is 12.8. The van der Waals surface area contributed by atoms with E-state index in [4.69, 9.17) is 4.74 Å². The first-order valence-electron chi connectivity index (χ1n) is 4.72. The molecule has 0 bridgehead atoms. The summed E-state index contributed by atoms with van der Waals surface area (Å²) in [7, 11) is 0. The minimum absolute atomic E-state index is 0.272. The van der Waals surface area contributed by atoms with Crippen LogP contribution in [0.25, 0.3) is 0 Å². The fourth-order valence-corrected chi connectivity index (χ4v) is 1.96. The standard InChI is InChI=1S/C11H13FO2S/c1-3-14-11(13)8(2)15-10-6-4-5-9(12)7-10/h4-8H,3H2,1-2H3. The highest BCUT2D eigenvalue weighted by Gasteiger charge is 2.15. The molecule has 15 heavy (non-hydrogen) atoms. The highest BCUT2D eigenvalue weighted by atomic mass is 32.2. The minimum Gasteiger partial charge on any atom is -0.465 e. The first-order chi connectivity index (χ1) is 7.13. The van der Waals surface area contributed by atoms with Crippen molar-refractivity contribution in [2.75, 3.05) is 6.61 Å². The summed E-state index contributed by atoms with van der Waals surface area (Å²) >= 11 is 1.29. The molecular formula is C11H13FO2S. The average molecular weight is 228 g/mol. The summed E-state index contributed by atoms with van der Waals surface area (Å²) in [6.45, 7) is 3.87. The number of thioether (sulfide) groups is 1. The first kappa shape index (κ1) is 12.0. The maximum atomic E-state index is 12.8. The normalized spacial score (nSPS) is 12.2. The number of carbonyl (C=O) groups is 1. The quantitative estimate of drug-likeness (QED) is 0.585. The van der Waals surface area contributed by atoms with E-state index in [1.807, 2.05) is 0 Å². The Kier molecular flexibility index (Phi) is 4.62. The Hall–Kier alpha value is -1.03. The molecule has 1 aromatic carbocycles. The molecule has 0 heterocycles. The predicted octanol–water partition coefficient (Wildman–Crippen LogP) is 2.87. The highest BCUT2D eigenvalue weighted by molar-refractivity contribution is 8.00. The zero-order chi connectivity index (χ0) is 11.3. The van der Waals surface area contributed by atoms with Gasteiger partial charge in [0, 0.05) is 4.90 Å². The Morgan fingerprint density at radius 2 is 2.33 bits per heavy atom. The second kappa shape index (κ2) is 5.75. The zero-order valence-electron chi connectivity index (χ0n) is 8.70. The molecule has 82 valence electrons. The lowest BCUT2D eigenvalue weighted by Gasteiger charge is -2.09. The van der Waals surface area contributed by atoms with E-state index in [1.165, 1.54) is 23.9 Å². The van der Waals surface area contributed by atoms with Gasteiger partial charge in [-0.05, 0) is 32.0 Å². The second-order valence-corrected chi connectivity index (χ2v) is 4.38. The molecule has 4 heteroatoms. The molecule has 1 aromatic rings. The third kappa shape index (κ3) is 3.91. The van der Waals surface area contributed by atoms with Crippen molar-refractivity contribution in [2.24, 2.45) is 0 Å². The molecule has 0 aromatic heterocycles. The van der Waals surface area contributed by atoms with Crippen LogP contribution in [0.1, 0.15) is 13.8 Å². The second-order valence-electron chi connectivity index (χ2n) is 2.97. The average Bonchev–Trinajstić information content (AvgIpc) is 2.18. The van der Waals surface area contributed by atoms with Gasteiger partial charge in [0.1, 0.15) is 11.1 Å². The molecule has 0 fully saturated rings. The fraction of sp³-hybridized carbons (Fsp3) is 0.364. The van der Waals surface area contributed by atoms with E-state index >= 15 is 0 Å². The Morgan fingerprint density at radius 3 is 2.93 bits per heavy atom. The molecule has 0 amide bonds. The monoisotopic (exact) mass is 228 g/mol. The zero-order valence-corrected chi connectivity index (χ0v) is 9.51. The number of halogens is 1. The molecule has 0 aliphatic heterocycles. The van der Waals surface area contributed by atoms with Crippen molar-refractivity contribution in [2.45, 2.75) is 24.0 Å². The predicted molar refractivity (Wildman–Crippen MR) is 58.4 cm³/mol. The third-order valence-corrected chi connectivity index (χ3v) is 2.80. The van der Waals surface area contributed by atoms with Gasteiger partial charge in [-0.15, -0.1) is 11.8 Å². The van der Waals surface area contributed by atoms with Gasteiger partial charge in [-0.25, -0.2) is 4.39 Å². The van der Waals surface area contributed by atoms with E-state index in [2.05, 4.69) is 0 Å². The number of rotatable bonds is 4. The summed E-state index contributed by atoms with van der Waals surface area (Å²) in [5.41, 5.74) is 0. The van der Waals surface area contributed by atoms with Crippen molar-refractivity contribution in [1.29, 1.82) is 0 Å². The lowest BCUT2D eigenvalue weighted by molar-refractivity contribution is -0.142. The fourth-order valence-electron chi connectivity index (χ4n) is 1.05. The maximum Gasteiger partial charge on any atom is 0.319 e. The van der Waals surface area contributed by atoms with E-state index in [0.717, 1.165) is 4.90 Å². The smallest absolute Gasteiger partial charge is 0.319 e. The Bertz CT molecular complexity index is 341. The number of esters is 1.